The van der Waals surface area contributed by atoms with Crippen molar-refractivity contribution < 1.29 is 29.4 Å². The number of hydrogen-bond acceptors (Lipinski definition) is 9. The molecule has 0 bridgehead atoms. The Labute approximate surface area is 242 Å². The number of nitrogens with zero attached hydrogens (tertiary/aromatic N) is 1. The molecular formula is C25H41N7O6S2. The molecule has 0 fully saturated rings. The van der Waals surface area contributed by atoms with Gasteiger partial charge in [-0.3, -0.25) is 19.4 Å². The second-order valence-electron chi connectivity index (χ2n) is 9.01. The van der Waals surface area contributed by atoms with Gasteiger partial charge in [-0.15, -0.1) is 0 Å². The van der Waals surface area contributed by atoms with Crippen LogP contribution in [0.25, 0.3) is 0 Å². The maximum atomic E-state index is 13.3. The smallest absolute Gasteiger partial charge is 0.326 e. The van der Waals surface area contributed by atoms with Crippen LogP contribution in [0.4, 0.5) is 0 Å². The maximum Gasteiger partial charge on any atom is 0.326 e. The molecule has 40 heavy (non-hydrogen) atoms. The number of carbonyl (C=O) groups is 4. The zero-order chi connectivity index (χ0) is 30.1. The van der Waals surface area contributed by atoms with E-state index >= 15 is 0 Å². The summed E-state index contributed by atoms with van der Waals surface area (Å²) in [5.41, 5.74) is 17.3. The SMILES string of the molecule is CSCCC(N)C(=O)NC(CCCN=C(N)N)C(=O)NC(CCSC)C(=O)NC(Cc1ccc(O)cc1)C(=O)O. The third-order valence-electron chi connectivity index (χ3n) is 5.78. The minimum absolute atomic E-state index is 0.0258. The van der Waals surface area contributed by atoms with Gasteiger partial charge >= 0.3 is 5.97 Å². The fourth-order valence-corrected chi connectivity index (χ4v) is 4.51. The average Bonchev–Trinajstić information content (AvgIpc) is 2.91. The van der Waals surface area contributed by atoms with E-state index < -0.39 is 47.9 Å². The predicted octanol–water partition coefficient (Wildman–Crippen LogP) is -0.639. The summed E-state index contributed by atoms with van der Waals surface area (Å²) in [6.45, 7) is 0.231. The topological polar surface area (TPSA) is 235 Å². The zero-order valence-electron chi connectivity index (χ0n) is 22.8. The largest absolute Gasteiger partial charge is 0.508 e. The summed E-state index contributed by atoms with van der Waals surface area (Å²) < 4.78 is 0. The molecule has 1 rings (SSSR count). The maximum absolute atomic E-state index is 13.3. The Kier molecular flexibility index (Phi) is 16.6. The van der Waals surface area contributed by atoms with Crippen LogP contribution in [0.5, 0.6) is 5.75 Å². The minimum atomic E-state index is -1.27. The number of carboxylic acid groups (broad SMARTS) is 1. The minimum Gasteiger partial charge on any atom is -0.508 e. The quantitative estimate of drug-likeness (QED) is 0.0565. The number of phenols is 1. The van der Waals surface area contributed by atoms with Crippen LogP contribution in [-0.4, -0.2) is 94.6 Å². The molecule has 0 spiro atoms. The number of aliphatic imine (C=N–C) groups is 1. The first-order valence-corrected chi connectivity index (χ1v) is 15.5. The summed E-state index contributed by atoms with van der Waals surface area (Å²) in [6.07, 6.45) is 4.90. The van der Waals surface area contributed by atoms with Crippen molar-refractivity contribution in [3.8, 4) is 5.75 Å². The molecule has 224 valence electrons. The third-order valence-corrected chi connectivity index (χ3v) is 7.07. The molecule has 13 nitrogen and oxygen atoms in total. The van der Waals surface area contributed by atoms with E-state index in [2.05, 4.69) is 20.9 Å². The Hall–Kier alpha value is -3.17. The zero-order valence-corrected chi connectivity index (χ0v) is 24.4. The summed E-state index contributed by atoms with van der Waals surface area (Å²) in [6, 6.07) is 1.82. The summed E-state index contributed by atoms with van der Waals surface area (Å²) >= 11 is 3.00. The van der Waals surface area contributed by atoms with Crippen LogP contribution in [0, 0.1) is 0 Å². The Balaban J connectivity index is 3.02. The van der Waals surface area contributed by atoms with E-state index in [1.54, 1.807) is 23.9 Å². The van der Waals surface area contributed by atoms with Crippen molar-refractivity contribution in [3.05, 3.63) is 29.8 Å². The monoisotopic (exact) mass is 599 g/mol. The van der Waals surface area contributed by atoms with Gasteiger partial charge in [0.25, 0.3) is 0 Å². The molecule has 1 aromatic rings. The lowest BCUT2D eigenvalue weighted by Crippen LogP contribution is -2.57. The van der Waals surface area contributed by atoms with Gasteiger partial charge in [0.2, 0.25) is 17.7 Å². The summed E-state index contributed by atoms with van der Waals surface area (Å²) in [7, 11) is 0. The lowest BCUT2D eigenvalue weighted by molar-refractivity contribution is -0.142. The molecule has 4 atom stereocenters. The van der Waals surface area contributed by atoms with Crippen LogP contribution < -0.4 is 33.2 Å². The van der Waals surface area contributed by atoms with Crippen molar-refractivity contribution in [1.29, 1.82) is 0 Å². The van der Waals surface area contributed by atoms with Crippen molar-refractivity contribution in [2.75, 3.05) is 30.6 Å². The van der Waals surface area contributed by atoms with E-state index in [9.17, 15) is 29.4 Å². The van der Waals surface area contributed by atoms with Crippen LogP contribution in [-0.2, 0) is 25.6 Å². The first kappa shape index (κ1) is 34.9. The number of rotatable bonds is 19. The Morgan fingerprint density at radius 3 is 1.93 bits per heavy atom. The lowest BCUT2D eigenvalue weighted by atomic mass is 10.0. The number of phenolic OH excluding ortho intramolecular Hbond substituents is 1. The van der Waals surface area contributed by atoms with E-state index in [1.807, 2.05) is 12.5 Å². The number of hydrogen-bond donors (Lipinski definition) is 8. The molecule has 0 saturated heterocycles. The predicted molar refractivity (Wildman–Crippen MR) is 159 cm³/mol. The normalized spacial score (nSPS) is 13.8. The summed E-state index contributed by atoms with van der Waals surface area (Å²) in [5, 5.41) is 27.0. The molecule has 0 heterocycles. The van der Waals surface area contributed by atoms with Gasteiger partial charge in [-0.2, -0.15) is 23.5 Å². The molecule has 4 unspecified atom stereocenters. The Morgan fingerprint density at radius 2 is 1.38 bits per heavy atom. The van der Waals surface area contributed by atoms with Gasteiger partial charge < -0.3 is 43.4 Å². The van der Waals surface area contributed by atoms with E-state index in [0.29, 0.717) is 29.9 Å². The fourth-order valence-electron chi connectivity index (χ4n) is 3.54. The van der Waals surface area contributed by atoms with Gasteiger partial charge in [0.05, 0.1) is 6.04 Å². The number of carbonyl (C=O) groups excluding carboxylic acids is 3. The van der Waals surface area contributed by atoms with E-state index in [1.165, 1.54) is 23.9 Å². The van der Waals surface area contributed by atoms with Gasteiger partial charge in [-0.25, -0.2) is 4.79 Å². The molecule has 0 aliphatic heterocycles. The van der Waals surface area contributed by atoms with Crippen molar-refractivity contribution in [3.63, 3.8) is 0 Å². The molecule has 1 aromatic carbocycles. The number of carboxylic acids is 1. The highest BCUT2D eigenvalue weighted by Crippen LogP contribution is 2.12. The molecule has 0 radical (unpaired) electrons. The van der Waals surface area contributed by atoms with E-state index in [0.717, 1.165) is 0 Å². The number of nitrogens with one attached hydrogen (secondary N) is 3. The Morgan fingerprint density at radius 1 is 0.850 bits per heavy atom. The van der Waals surface area contributed by atoms with E-state index in [-0.39, 0.29) is 37.5 Å². The molecule has 15 heteroatoms. The molecule has 11 N–H and O–H groups in total. The number of aromatic hydroxyl groups is 1. The molecule has 0 aliphatic carbocycles. The number of thioether (sulfide) groups is 2. The first-order chi connectivity index (χ1) is 19.0. The van der Waals surface area contributed by atoms with Crippen LogP contribution in [0.3, 0.4) is 0 Å². The van der Waals surface area contributed by atoms with Crippen LogP contribution in [0.1, 0.15) is 31.2 Å². The number of amides is 3. The number of benzene rings is 1. The molecule has 3 amide bonds. The average molecular weight is 600 g/mol. The van der Waals surface area contributed by atoms with Gasteiger partial charge in [0, 0.05) is 13.0 Å². The summed E-state index contributed by atoms with van der Waals surface area (Å²) in [5.74, 6) is -1.92. The van der Waals surface area contributed by atoms with Crippen LogP contribution in [0.15, 0.2) is 29.3 Å². The van der Waals surface area contributed by atoms with Crippen LogP contribution in [0.2, 0.25) is 0 Å². The molecule has 0 saturated carbocycles. The highest BCUT2D eigenvalue weighted by atomic mass is 32.2. The second-order valence-corrected chi connectivity index (χ2v) is 11.0. The van der Waals surface area contributed by atoms with Gasteiger partial charge in [-0.1, -0.05) is 12.1 Å². The highest BCUT2D eigenvalue weighted by molar-refractivity contribution is 7.98. The van der Waals surface area contributed by atoms with Crippen molar-refractivity contribution in [1.82, 2.24) is 16.0 Å². The number of guanidine groups is 1. The standard InChI is InChI=1S/C25H41N7O6S2/c1-39-12-9-17(26)21(34)30-18(4-3-11-29-25(27)28)22(35)31-19(10-13-40-2)23(36)32-20(24(37)38)14-15-5-7-16(33)8-6-15/h5-8,17-20,33H,3-4,9-14,26H2,1-2H3,(H,30,34)(H,31,35)(H,32,36)(H,37,38)(H4,27,28,29). The lowest BCUT2D eigenvalue weighted by Gasteiger charge is -2.25. The molecule has 0 aliphatic rings. The van der Waals surface area contributed by atoms with Gasteiger partial charge in [0.1, 0.15) is 23.9 Å². The number of nitrogens with two attached hydrogens (primary N) is 3. The molecule has 0 aromatic heterocycles. The highest BCUT2D eigenvalue weighted by Gasteiger charge is 2.30. The Bertz CT molecular complexity index is 992. The van der Waals surface area contributed by atoms with Crippen molar-refractivity contribution in [2.45, 2.75) is 56.3 Å². The van der Waals surface area contributed by atoms with Crippen LogP contribution >= 0.6 is 23.5 Å². The van der Waals surface area contributed by atoms with Crippen molar-refractivity contribution in [2.24, 2.45) is 22.2 Å². The summed E-state index contributed by atoms with van der Waals surface area (Å²) in [4.78, 5) is 54.9. The van der Waals surface area contributed by atoms with Gasteiger partial charge in [0.15, 0.2) is 5.96 Å². The van der Waals surface area contributed by atoms with Gasteiger partial charge in [-0.05, 0) is 67.4 Å². The fraction of sp³-hybridized carbons (Fsp3) is 0.560. The van der Waals surface area contributed by atoms with Crippen molar-refractivity contribution >= 4 is 53.2 Å². The second kappa shape index (κ2) is 19.0. The third kappa shape index (κ3) is 13.8. The van der Waals surface area contributed by atoms with E-state index in [4.69, 9.17) is 17.2 Å². The number of aliphatic carboxylic acids is 1. The first-order valence-electron chi connectivity index (χ1n) is 12.7. The molecular weight excluding hydrogens is 558 g/mol.